The van der Waals surface area contributed by atoms with E-state index >= 15 is 0 Å². The molecule has 0 aliphatic rings. The number of halogens is 3. The molecule has 0 saturated carbocycles. The third-order valence-electron chi connectivity index (χ3n) is 18.9. The lowest BCUT2D eigenvalue weighted by molar-refractivity contribution is -0.124. The van der Waals surface area contributed by atoms with Crippen LogP contribution in [0, 0.1) is 20.8 Å². The molecule has 0 aromatic heterocycles. The Labute approximate surface area is 692 Å². The number of rotatable bonds is 48. The van der Waals surface area contributed by atoms with Crippen LogP contribution in [0.5, 0.6) is 0 Å². The van der Waals surface area contributed by atoms with E-state index in [1.54, 1.807) is 146 Å². The summed E-state index contributed by atoms with van der Waals surface area (Å²) >= 11 is 19.8. The highest BCUT2D eigenvalue weighted by Crippen LogP contribution is 2.50. The van der Waals surface area contributed by atoms with Crippen molar-refractivity contribution in [3.05, 3.63) is 265 Å². The number of ketones is 3. The summed E-state index contributed by atoms with van der Waals surface area (Å²) in [6, 6.07) is 58.5. The summed E-state index contributed by atoms with van der Waals surface area (Å²) in [7, 11) is -3.99. The average molecular weight is 1650 g/mol. The van der Waals surface area contributed by atoms with Crippen molar-refractivity contribution in [2.24, 2.45) is 0 Å². The molecule has 9 aromatic rings. The monoisotopic (exact) mass is 1650 g/mol. The van der Waals surface area contributed by atoms with E-state index in [0.29, 0.717) is 162 Å². The standard InChI is InChI=1S/C90H99Cl3N9O13P/c1-61-28-10-13-31-67(61)88(109)70-43-40-64(58-73(70)91)97-76-34-16-19-37-79(76)100-85(106)49-46-82(103)94-52-22-4-7-25-55-113-116(112,114-56-26-8-5-23-53-95-83(104)47-50-86(107)101-80-38-20-17-35-77(80)98-65-41-44-71(74(92)59-65)89(110)68-32-14-11-29-62(68)2)115-57-27-9-6-24-54-96-84(105)48-51-87(108)102-81-39-21-18-36-78(81)99-66-42-45-72(75(93)60-66)90(111)69-33-15-12-30-63(69)3/h10-21,28-45,58-60,97-99H,4-9,22-27,46-57H2,1-3H3,(H,94,103)(H,95,104)(H,96,105)(H,100,106)(H,101,107)(H,102,108). The van der Waals surface area contributed by atoms with Crippen LogP contribution >= 0.6 is 42.6 Å². The Hall–Kier alpha value is -10.8. The molecule has 26 heteroatoms. The minimum absolute atomic E-state index is 0.0229. The van der Waals surface area contributed by atoms with Crippen molar-refractivity contribution in [2.75, 3.05) is 71.4 Å². The number of anilines is 9. The molecule has 0 atom stereocenters. The van der Waals surface area contributed by atoms with Crippen LogP contribution in [0.25, 0.3) is 0 Å². The first-order valence-corrected chi connectivity index (χ1v) is 41.7. The summed E-state index contributed by atoms with van der Waals surface area (Å²) in [5, 5.41) is 27.9. The van der Waals surface area contributed by atoms with Crippen molar-refractivity contribution in [1.82, 2.24) is 16.0 Å². The molecule has 6 amide bonds. The highest BCUT2D eigenvalue weighted by molar-refractivity contribution is 7.48. The van der Waals surface area contributed by atoms with Crippen molar-refractivity contribution < 1.29 is 61.3 Å². The molecule has 116 heavy (non-hydrogen) atoms. The maximum Gasteiger partial charge on any atom is 0.474 e. The molecule has 0 radical (unpaired) electrons. The van der Waals surface area contributed by atoms with Crippen molar-refractivity contribution >= 4 is 147 Å². The SMILES string of the molecule is Cc1ccccc1C(=O)c1ccc(Nc2ccccc2NC(=O)CCC(=O)NCCCCCCOP(=O)(OCCCCCCNC(=O)CCC(=O)Nc2ccccc2Nc2ccc(C(=O)c3ccccc3C)c(Cl)c2)OCCCCCCNC(=O)CCC(=O)Nc2ccccc2Nc2ccc(C(=O)c3ccccc3C)c(Cl)c2)cc1Cl. The topological polar surface area (TPSA) is 307 Å². The molecule has 0 bridgehead atoms. The van der Waals surface area contributed by atoms with Crippen LogP contribution < -0.4 is 47.9 Å². The van der Waals surface area contributed by atoms with Gasteiger partial charge in [0.05, 0.1) is 69.0 Å². The Morgan fingerprint density at radius 1 is 0.284 bits per heavy atom. The van der Waals surface area contributed by atoms with Gasteiger partial charge in [-0.15, -0.1) is 0 Å². The summed E-state index contributed by atoms with van der Waals surface area (Å²) in [6.45, 7) is 7.09. The van der Waals surface area contributed by atoms with Gasteiger partial charge in [0.1, 0.15) is 0 Å². The Balaban J connectivity index is 0.654. The van der Waals surface area contributed by atoms with E-state index in [4.69, 9.17) is 48.4 Å². The predicted octanol–water partition coefficient (Wildman–Crippen LogP) is 20.2. The minimum Gasteiger partial charge on any atom is -0.356 e. The van der Waals surface area contributed by atoms with Crippen LogP contribution in [-0.4, -0.2) is 92.2 Å². The molecule has 22 nitrogen and oxygen atoms in total. The van der Waals surface area contributed by atoms with Gasteiger partial charge in [-0.3, -0.25) is 56.7 Å². The number of phosphoric acid groups is 1. The van der Waals surface area contributed by atoms with Gasteiger partial charge in [0, 0.05) is 109 Å². The van der Waals surface area contributed by atoms with E-state index in [2.05, 4.69) is 47.9 Å². The third-order valence-corrected chi connectivity index (χ3v) is 21.4. The van der Waals surface area contributed by atoms with E-state index in [9.17, 15) is 47.7 Å². The molecule has 9 N–H and O–H groups in total. The number of para-hydroxylation sites is 6. The van der Waals surface area contributed by atoms with Crippen molar-refractivity contribution in [3.8, 4) is 0 Å². The second-order valence-corrected chi connectivity index (χ2v) is 30.8. The molecule has 9 aromatic carbocycles. The summed E-state index contributed by atoms with van der Waals surface area (Å²) < 4.78 is 31.6. The van der Waals surface area contributed by atoms with Crippen LogP contribution in [0.15, 0.2) is 200 Å². The number of carbonyl (C=O) groups excluding carboxylic acids is 9. The molecule has 0 heterocycles. The summed E-state index contributed by atoms with van der Waals surface area (Å²) in [5.41, 5.74) is 10.4. The molecule has 0 fully saturated rings. The summed E-state index contributed by atoms with van der Waals surface area (Å²) in [6.07, 6.45) is 7.65. The maximum atomic E-state index is 14.1. The van der Waals surface area contributed by atoms with Crippen LogP contribution in [0.1, 0.15) is 180 Å². The lowest BCUT2D eigenvalue weighted by Gasteiger charge is -2.18. The molecule has 0 unspecified atom stereocenters. The first-order chi connectivity index (χ1) is 56.1. The van der Waals surface area contributed by atoms with Crippen LogP contribution in [0.4, 0.5) is 51.2 Å². The van der Waals surface area contributed by atoms with Crippen molar-refractivity contribution in [1.29, 1.82) is 0 Å². The predicted molar refractivity (Wildman–Crippen MR) is 461 cm³/mol. The average Bonchev–Trinajstić information content (AvgIpc) is 0.820. The first kappa shape index (κ1) is 89.1. The Morgan fingerprint density at radius 3 is 0.793 bits per heavy atom. The van der Waals surface area contributed by atoms with Gasteiger partial charge in [0.2, 0.25) is 35.4 Å². The molecule has 9 rings (SSSR count). The fourth-order valence-electron chi connectivity index (χ4n) is 12.5. The van der Waals surface area contributed by atoms with Gasteiger partial charge in [-0.05, 0) is 167 Å². The van der Waals surface area contributed by atoms with E-state index in [-0.39, 0.29) is 126 Å². The van der Waals surface area contributed by atoms with E-state index < -0.39 is 7.82 Å². The Kier molecular flexibility index (Phi) is 35.9. The first-order valence-electron chi connectivity index (χ1n) is 39.1. The van der Waals surface area contributed by atoms with E-state index in [1.165, 1.54) is 0 Å². The largest absolute Gasteiger partial charge is 0.474 e. The van der Waals surface area contributed by atoms with E-state index in [1.807, 2.05) is 75.4 Å². The number of aryl methyl sites for hydroxylation is 3. The fraction of sp³-hybridized carbons (Fsp3) is 0.300. The van der Waals surface area contributed by atoms with Crippen molar-refractivity contribution in [3.63, 3.8) is 0 Å². The zero-order chi connectivity index (χ0) is 82.6. The maximum absolute atomic E-state index is 14.1. The third kappa shape index (κ3) is 28.9. The van der Waals surface area contributed by atoms with Gasteiger partial charge in [-0.2, -0.15) is 0 Å². The lowest BCUT2D eigenvalue weighted by Crippen LogP contribution is -2.25. The number of unbranched alkanes of at least 4 members (excludes halogenated alkanes) is 9. The van der Waals surface area contributed by atoms with Gasteiger partial charge < -0.3 is 47.9 Å². The quantitative estimate of drug-likeness (QED) is 0.00972. The highest BCUT2D eigenvalue weighted by atomic mass is 35.5. The smallest absolute Gasteiger partial charge is 0.356 e. The lowest BCUT2D eigenvalue weighted by atomic mass is 9.99. The molecule has 608 valence electrons. The Morgan fingerprint density at radius 2 is 0.526 bits per heavy atom. The number of amides is 6. The fourth-order valence-corrected chi connectivity index (χ4v) is 14.6. The second kappa shape index (κ2) is 46.7. The van der Waals surface area contributed by atoms with Gasteiger partial charge in [0.15, 0.2) is 17.3 Å². The van der Waals surface area contributed by atoms with Gasteiger partial charge in [-0.25, -0.2) is 4.57 Å². The van der Waals surface area contributed by atoms with Gasteiger partial charge in [0.25, 0.3) is 0 Å². The second-order valence-electron chi connectivity index (χ2n) is 27.9. The number of phosphoric ester groups is 1. The number of nitrogens with one attached hydrogen (secondary N) is 9. The van der Waals surface area contributed by atoms with Crippen LogP contribution in [0.3, 0.4) is 0 Å². The number of hydrogen-bond acceptors (Lipinski definition) is 16. The molecular weight excluding hydrogens is 1550 g/mol. The number of hydrogen-bond donors (Lipinski definition) is 9. The summed E-state index contributed by atoms with van der Waals surface area (Å²) in [5.74, 6) is -2.41. The molecule has 0 aliphatic carbocycles. The Bertz CT molecular complexity index is 4490. The normalized spacial score (nSPS) is 11.1. The van der Waals surface area contributed by atoms with Crippen LogP contribution in [-0.2, 0) is 46.9 Å². The van der Waals surface area contributed by atoms with Gasteiger partial charge in [-0.1, -0.05) is 183 Å². The number of benzene rings is 9. The number of carbonyl (C=O) groups is 9. The van der Waals surface area contributed by atoms with E-state index in [0.717, 1.165) is 36.0 Å². The zero-order valence-corrected chi connectivity index (χ0v) is 68.6. The molecule has 0 spiro atoms. The van der Waals surface area contributed by atoms with Gasteiger partial charge >= 0.3 is 7.82 Å². The van der Waals surface area contributed by atoms with Crippen molar-refractivity contribution in [2.45, 2.75) is 136 Å². The molecular formula is C90H99Cl3N9O13P. The molecule has 0 aliphatic heterocycles. The zero-order valence-electron chi connectivity index (χ0n) is 65.4. The highest BCUT2D eigenvalue weighted by Gasteiger charge is 2.27. The van der Waals surface area contributed by atoms with Crippen LogP contribution in [0.2, 0.25) is 15.1 Å². The summed E-state index contributed by atoms with van der Waals surface area (Å²) in [4.78, 5) is 118. The molecule has 0 saturated heterocycles. The minimum atomic E-state index is -3.99.